The maximum atomic E-state index is 13.9. The molecule has 0 bridgehead atoms. The Bertz CT molecular complexity index is 1200. The quantitative estimate of drug-likeness (QED) is 0.467. The van der Waals surface area contributed by atoms with Crippen LogP contribution in [0.15, 0.2) is 71.6 Å². The van der Waals surface area contributed by atoms with Gasteiger partial charge in [-0.1, -0.05) is 59.6 Å². The summed E-state index contributed by atoms with van der Waals surface area (Å²) in [6, 6.07) is 16.1. The highest BCUT2D eigenvalue weighted by atomic mass is 35.5. The van der Waals surface area contributed by atoms with Gasteiger partial charge in [-0.2, -0.15) is 4.31 Å². The van der Waals surface area contributed by atoms with Crippen molar-refractivity contribution in [3.05, 3.63) is 94.0 Å². The Hall–Kier alpha value is -2.52. The maximum Gasteiger partial charge on any atom is 0.245 e. The van der Waals surface area contributed by atoms with Gasteiger partial charge in [0.05, 0.1) is 11.6 Å². The van der Waals surface area contributed by atoms with Crippen molar-refractivity contribution in [1.82, 2.24) is 4.31 Å². The first-order valence-electron chi connectivity index (χ1n) is 9.41. The molecule has 1 amide bonds. The van der Waals surface area contributed by atoms with E-state index in [9.17, 15) is 22.0 Å². The van der Waals surface area contributed by atoms with E-state index in [-0.39, 0.29) is 21.5 Å². The molecular formula is C22H18Cl2F2N2O3S. The summed E-state index contributed by atoms with van der Waals surface area (Å²) >= 11 is 12.0. The maximum absolute atomic E-state index is 13.9. The average molecular weight is 499 g/mol. The molecule has 168 valence electrons. The minimum atomic E-state index is -4.26. The van der Waals surface area contributed by atoms with Gasteiger partial charge in [-0.3, -0.25) is 4.79 Å². The highest BCUT2D eigenvalue weighted by Gasteiger charge is 2.29. The molecule has 0 heterocycles. The van der Waals surface area contributed by atoms with Gasteiger partial charge >= 0.3 is 0 Å². The number of anilines is 1. The van der Waals surface area contributed by atoms with E-state index in [1.54, 1.807) is 12.1 Å². The van der Waals surface area contributed by atoms with Gasteiger partial charge in [-0.05, 0) is 42.3 Å². The highest BCUT2D eigenvalue weighted by molar-refractivity contribution is 7.89. The summed E-state index contributed by atoms with van der Waals surface area (Å²) < 4.78 is 55.3. The second-order valence-electron chi connectivity index (χ2n) is 6.79. The van der Waals surface area contributed by atoms with E-state index in [2.05, 4.69) is 5.32 Å². The van der Waals surface area contributed by atoms with Gasteiger partial charge in [0.25, 0.3) is 0 Å². The first-order valence-corrected chi connectivity index (χ1v) is 11.6. The second-order valence-corrected chi connectivity index (χ2v) is 9.54. The number of halogens is 4. The van der Waals surface area contributed by atoms with E-state index in [0.29, 0.717) is 6.42 Å². The molecule has 0 saturated heterocycles. The number of sulfonamides is 1. The number of hydrogen-bond acceptors (Lipinski definition) is 3. The Morgan fingerprint density at radius 2 is 1.59 bits per heavy atom. The Morgan fingerprint density at radius 1 is 0.938 bits per heavy atom. The number of amides is 1. The van der Waals surface area contributed by atoms with Crippen LogP contribution in [-0.2, 0) is 21.2 Å². The lowest BCUT2D eigenvalue weighted by atomic mass is 10.1. The SMILES string of the molecule is O=C(CN(CCc1ccccc1)S(=O)(=O)c1cc(Cl)ccc1Cl)Nc1c(F)cccc1F. The summed E-state index contributed by atoms with van der Waals surface area (Å²) in [4.78, 5) is 12.3. The van der Waals surface area contributed by atoms with Gasteiger partial charge in [0.2, 0.25) is 15.9 Å². The molecule has 0 aliphatic heterocycles. The van der Waals surface area contributed by atoms with E-state index in [0.717, 1.165) is 28.1 Å². The van der Waals surface area contributed by atoms with Crippen molar-refractivity contribution in [2.24, 2.45) is 0 Å². The largest absolute Gasteiger partial charge is 0.320 e. The predicted molar refractivity (Wildman–Crippen MR) is 120 cm³/mol. The van der Waals surface area contributed by atoms with Gasteiger partial charge in [-0.15, -0.1) is 0 Å². The monoisotopic (exact) mass is 498 g/mol. The summed E-state index contributed by atoms with van der Waals surface area (Å²) in [5.41, 5.74) is 0.184. The Labute approximate surface area is 194 Å². The molecule has 3 aromatic carbocycles. The van der Waals surface area contributed by atoms with Crippen molar-refractivity contribution in [2.75, 3.05) is 18.4 Å². The normalized spacial score (nSPS) is 11.5. The molecule has 10 heteroatoms. The van der Waals surface area contributed by atoms with Crippen LogP contribution in [0.2, 0.25) is 10.0 Å². The summed E-state index contributed by atoms with van der Waals surface area (Å²) in [6.45, 7) is -0.770. The lowest BCUT2D eigenvalue weighted by molar-refractivity contribution is -0.116. The number of nitrogens with one attached hydrogen (secondary N) is 1. The third-order valence-corrected chi connectivity index (χ3v) is 7.11. The number of hydrogen-bond donors (Lipinski definition) is 1. The standard InChI is InChI=1S/C22H18Cl2F2N2O3S/c23-16-9-10-17(24)20(13-16)32(30,31)28(12-11-15-5-2-1-3-6-15)14-21(29)27-22-18(25)7-4-8-19(22)26/h1-10,13H,11-12,14H2,(H,27,29). The third kappa shape index (κ3) is 5.83. The van der Waals surface area contributed by atoms with Crippen molar-refractivity contribution in [3.63, 3.8) is 0 Å². The van der Waals surface area contributed by atoms with Crippen LogP contribution >= 0.6 is 23.2 Å². The fraction of sp³-hybridized carbons (Fsp3) is 0.136. The van der Waals surface area contributed by atoms with Gasteiger partial charge < -0.3 is 5.32 Å². The molecule has 0 aliphatic carbocycles. The topological polar surface area (TPSA) is 66.5 Å². The Morgan fingerprint density at radius 3 is 2.25 bits per heavy atom. The molecular weight excluding hydrogens is 481 g/mol. The molecule has 32 heavy (non-hydrogen) atoms. The first-order chi connectivity index (χ1) is 15.2. The zero-order valence-electron chi connectivity index (χ0n) is 16.6. The van der Waals surface area contributed by atoms with Crippen molar-refractivity contribution in [2.45, 2.75) is 11.3 Å². The van der Waals surface area contributed by atoms with Crippen LogP contribution < -0.4 is 5.32 Å². The summed E-state index contributed by atoms with van der Waals surface area (Å²) in [6.07, 6.45) is 0.291. The predicted octanol–water partition coefficient (Wildman–Crippen LogP) is 5.14. The molecule has 0 fully saturated rings. The van der Waals surface area contributed by atoms with Crippen molar-refractivity contribution in [3.8, 4) is 0 Å². The van der Waals surface area contributed by atoms with Crippen LogP contribution in [0, 0.1) is 11.6 Å². The zero-order chi connectivity index (χ0) is 23.3. The number of nitrogens with zero attached hydrogens (tertiary/aromatic N) is 1. The Balaban J connectivity index is 1.89. The summed E-state index contributed by atoms with van der Waals surface area (Å²) in [7, 11) is -4.26. The first kappa shape index (κ1) is 24.1. The third-order valence-electron chi connectivity index (χ3n) is 4.55. The molecule has 3 aromatic rings. The molecule has 0 saturated carbocycles. The molecule has 0 radical (unpaired) electrons. The smallest absolute Gasteiger partial charge is 0.245 e. The average Bonchev–Trinajstić information content (AvgIpc) is 2.76. The van der Waals surface area contributed by atoms with Crippen molar-refractivity contribution in [1.29, 1.82) is 0 Å². The molecule has 0 spiro atoms. The minimum absolute atomic E-state index is 0.0698. The van der Waals surface area contributed by atoms with Gasteiger partial charge in [-0.25, -0.2) is 17.2 Å². The number of carbonyl (C=O) groups excluding carboxylic acids is 1. The van der Waals surface area contributed by atoms with Crippen LogP contribution in [0.1, 0.15) is 5.56 Å². The van der Waals surface area contributed by atoms with Crippen molar-refractivity contribution >= 4 is 44.8 Å². The van der Waals surface area contributed by atoms with E-state index in [4.69, 9.17) is 23.2 Å². The van der Waals surface area contributed by atoms with Crippen LogP contribution in [0.4, 0.5) is 14.5 Å². The fourth-order valence-corrected chi connectivity index (χ4v) is 5.09. The molecule has 0 aliphatic rings. The molecule has 5 nitrogen and oxygen atoms in total. The van der Waals surface area contributed by atoms with Gasteiger partial charge in [0.1, 0.15) is 22.2 Å². The van der Waals surface area contributed by atoms with Gasteiger partial charge in [0.15, 0.2) is 0 Å². The zero-order valence-corrected chi connectivity index (χ0v) is 18.9. The van der Waals surface area contributed by atoms with Crippen LogP contribution in [-0.4, -0.2) is 31.7 Å². The number of rotatable bonds is 8. The van der Waals surface area contributed by atoms with Crippen LogP contribution in [0.5, 0.6) is 0 Å². The Kier molecular flexibility index (Phi) is 7.84. The number of carbonyl (C=O) groups is 1. The lowest BCUT2D eigenvalue weighted by Crippen LogP contribution is -2.39. The summed E-state index contributed by atoms with van der Waals surface area (Å²) in [5, 5.41) is 2.18. The van der Waals surface area contributed by atoms with E-state index in [1.165, 1.54) is 18.2 Å². The van der Waals surface area contributed by atoms with E-state index < -0.39 is 39.8 Å². The molecule has 1 N–H and O–H groups in total. The van der Waals surface area contributed by atoms with Crippen LogP contribution in [0.3, 0.4) is 0 Å². The number of benzene rings is 3. The molecule has 0 atom stereocenters. The highest BCUT2D eigenvalue weighted by Crippen LogP contribution is 2.28. The van der Waals surface area contributed by atoms with Crippen molar-refractivity contribution < 1.29 is 22.0 Å². The molecule has 3 rings (SSSR count). The molecule has 0 unspecified atom stereocenters. The molecule has 0 aromatic heterocycles. The minimum Gasteiger partial charge on any atom is -0.320 e. The summed E-state index contributed by atoms with van der Waals surface area (Å²) in [5.74, 6) is -2.87. The second kappa shape index (κ2) is 10.4. The lowest BCUT2D eigenvalue weighted by Gasteiger charge is -2.23. The van der Waals surface area contributed by atoms with E-state index in [1.807, 2.05) is 18.2 Å². The van der Waals surface area contributed by atoms with Gasteiger partial charge in [0, 0.05) is 11.6 Å². The number of para-hydroxylation sites is 1. The van der Waals surface area contributed by atoms with Crippen LogP contribution in [0.25, 0.3) is 0 Å². The van der Waals surface area contributed by atoms with E-state index >= 15 is 0 Å². The fourth-order valence-electron chi connectivity index (χ4n) is 2.95.